The summed E-state index contributed by atoms with van der Waals surface area (Å²) in [5.74, 6) is 0.816. The van der Waals surface area contributed by atoms with Gasteiger partial charge < -0.3 is 5.32 Å². The van der Waals surface area contributed by atoms with Gasteiger partial charge in [-0.2, -0.15) is 0 Å². The van der Waals surface area contributed by atoms with E-state index in [2.05, 4.69) is 34.3 Å². The molecule has 84 valence electrons. The van der Waals surface area contributed by atoms with Crippen LogP contribution >= 0.6 is 11.3 Å². The van der Waals surface area contributed by atoms with Gasteiger partial charge in [0.2, 0.25) is 5.13 Å². The summed E-state index contributed by atoms with van der Waals surface area (Å²) in [6, 6.07) is 0.682. The molecule has 0 spiro atoms. The van der Waals surface area contributed by atoms with Crippen molar-refractivity contribution >= 4 is 16.5 Å². The predicted molar refractivity (Wildman–Crippen MR) is 63.1 cm³/mol. The summed E-state index contributed by atoms with van der Waals surface area (Å²) in [5.41, 5.74) is 0. The minimum atomic E-state index is 0.682. The first-order chi connectivity index (χ1) is 7.19. The standard InChI is InChI=1S/C10H18N4S/c1-7-4-8(2)14(5-7)6-9-12-13-10(11-3)15-9/h7-8H,4-6H2,1-3H3,(H,11,13). The van der Waals surface area contributed by atoms with Crippen molar-refractivity contribution in [2.45, 2.75) is 32.9 Å². The lowest BCUT2D eigenvalue weighted by Gasteiger charge is -2.18. The molecule has 2 heterocycles. The van der Waals surface area contributed by atoms with Crippen molar-refractivity contribution in [2.75, 3.05) is 18.9 Å². The van der Waals surface area contributed by atoms with E-state index in [1.165, 1.54) is 13.0 Å². The van der Waals surface area contributed by atoms with Crippen LogP contribution in [-0.4, -0.2) is 34.7 Å². The summed E-state index contributed by atoms with van der Waals surface area (Å²) in [6.07, 6.45) is 1.30. The summed E-state index contributed by atoms with van der Waals surface area (Å²) >= 11 is 1.65. The van der Waals surface area contributed by atoms with Crippen LogP contribution in [0.3, 0.4) is 0 Å². The molecule has 15 heavy (non-hydrogen) atoms. The fraction of sp³-hybridized carbons (Fsp3) is 0.800. The highest BCUT2D eigenvalue weighted by Crippen LogP contribution is 2.25. The van der Waals surface area contributed by atoms with Gasteiger partial charge >= 0.3 is 0 Å². The van der Waals surface area contributed by atoms with Gasteiger partial charge in [-0.05, 0) is 19.3 Å². The molecular weight excluding hydrogens is 208 g/mol. The summed E-state index contributed by atoms with van der Waals surface area (Å²) < 4.78 is 0. The molecule has 1 aliphatic heterocycles. The molecule has 4 nitrogen and oxygen atoms in total. The van der Waals surface area contributed by atoms with Gasteiger partial charge in [0, 0.05) is 19.6 Å². The molecule has 2 rings (SSSR count). The van der Waals surface area contributed by atoms with Crippen molar-refractivity contribution in [2.24, 2.45) is 5.92 Å². The van der Waals surface area contributed by atoms with Gasteiger partial charge in [0.05, 0.1) is 6.54 Å². The van der Waals surface area contributed by atoms with E-state index in [1.54, 1.807) is 11.3 Å². The third kappa shape index (κ3) is 2.46. The monoisotopic (exact) mass is 226 g/mol. The molecule has 1 fully saturated rings. The molecule has 1 aliphatic rings. The van der Waals surface area contributed by atoms with Gasteiger partial charge in [0.1, 0.15) is 5.01 Å². The minimum absolute atomic E-state index is 0.682. The van der Waals surface area contributed by atoms with Crippen LogP contribution in [0.5, 0.6) is 0 Å². The van der Waals surface area contributed by atoms with Crippen molar-refractivity contribution in [3.8, 4) is 0 Å². The number of likely N-dealkylation sites (tertiary alicyclic amines) is 1. The predicted octanol–water partition coefficient (Wildman–Crippen LogP) is 1.81. The van der Waals surface area contributed by atoms with Crippen LogP contribution in [0.15, 0.2) is 0 Å². The Morgan fingerprint density at radius 2 is 2.27 bits per heavy atom. The van der Waals surface area contributed by atoms with Crippen LogP contribution in [0.25, 0.3) is 0 Å². The van der Waals surface area contributed by atoms with Crippen molar-refractivity contribution in [3.05, 3.63) is 5.01 Å². The number of hydrogen-bond acceptors (Lipinski definition) is 5. The number of hydrogen-bond donors (Lipinski definition) is 1. The maximum Gasteiger partial charge on any atom is 0.205 e. The molecule has 1 aromatic rings. The topological polar surface area (TPSA) is 41.1 Å². The maximum atomic E-state index is 4.17. The molecule has 1 aromatic heterocycles. The van der Waals surface area contributed by atoms with Gasteiger partial charge in [0.15, 0.2) is 0 Å². The zero-order chi connectivity index (χ0) is 10.8. The highest BCUT2D eigenvalue weighted by atomic mass is 32.1. The van der Waals surface area contributed by atoms with Crippen molar-refractivity contribution < 1.29 is 0 Å². The second kappa shape index (κ2) is 4.45. The third-order valence-electron chi connectivity index (χ3n) is 2.93. The van der Waals surface area contributed by atoms with E-state index < -0.39 is 0 Å². The Morgan fingerprint density at radius 3 is 2.80 bits per heavy atom. The molecule has 0 aliphatic carbocycles. The maximum absolute atomic E-state index is 4.17. The number of rotatable bonds is 3. The quantitative estimate of drug-likeness (QED) is 0.853. The average Bonchev–Trinajstić information content (AvgIpc) is 2.75. The van der Waals surface area contributed by atoms with E-state index in [9.17, 15) is 0 Å². The Morgan fingerprint density at radius 1 is 1.47 bits per heavy atom. The van der Waals surface area contributed by atoms with Crippen molar-refractivity contribution in [1.29, 1.82) is 0 Å². The van der Waals surface area contributed by atoms with E-state index in [1.807, 2.05) is 7.05 Å². The van der Waals surface area contributed by atoms with Crippen molar-refractivity contribution in [3.63, 3.8) is 0 Å². The fourth-order valence-electron chi connectivity index (χ4n) is 2.20. The summed E-state index contributed by atoms with van der Waals surface area (Å²) in [7, 11) is 1.88. The van der Waals surface area contributed by atoms with E-state index in [4.69, 9.17) is 0 Å². The normalized spacial score (nSPS) is 27.1. The molecule has 0 aromatic carbocycles. The Labute approximate surface area is 94.7 Å². The molecule has 0 amide bonds. The molecule has 1 saturated heterocycles. The second-order valence-electron chi connectivity index (χ2n) is 4.37. The van der Waals surface area contributed by atoms with Crippen LogP contribution in [-0.2, 0) is 6.54 Å². The first-order valence-electron chi connectivity index (χ1n) is 5.43. The highest BCUT2D eigenvalue weighted by molar-refractivity contribution is 7.15. The lowest BCUT2D eigenvalue weighted by molar-refractivity contribution is 0.255. The molecule has 2 unspecified atom stereocenters. The smallest absolute Gasteiger partial charge is 0.205 e. The molecule has 5 heteroatoms. The van der Waals surface area contributed by atoms with Crippen LogP contribution < -0.4 is 5.32 Å². The molecular formula is C10H18N4S. The lowest BCUT2D eigenvalue weighted by Crippen LogP contribution is -2.26. The van der Waals surface area contributed by atoms with Crippen LogP contribution in [0.4, 0.5) is 5.13 Å². The van der Waals surface area contributed by atoms with Gasteiger partial charge in [0.25, 0.3) is 0 Å². The van der Waals surface area contributed by atoms with Gasteiger partial charge in [-0.15, -0.1) is 10.2 Å². The van der Waals surface area contributed by atoms with E-state index in [-0.39, 0.29) is 0 Å². The van der Waals surface area contributed by atoms with E-state index >= 15 is 0 Å². The van der Waals surface area contributed by atoms with Gasteiger partial charge in [-0.1, -0.05) is 18.3 Å². The van der Waals surface area contributed by atoms with Gasteiger partial charge in [-0.3, -0.25) is 4.90 Å². The Bertz CT molecular complexity index is 325. The average molecular weight is 226 g/mol. The van der Waals surface area contributed by atoms with Gasteiger partial charge in [-0.25, -0.2) is 0 Å². The fourth-order valence-corrected chi connectivity index (χ4v) is 2.92. The molecule has 0 bridgehead atoms. The third-order valence-corrected chi connectivity index (χ3v) is 3.86. The number of nitrogens with zero attached hydrogens (tertiary/aromatic N) is 3. The summed E-state index contributed by atoms with van der Waals surface area (Å²) in [4.78, 5) is 2.49. The zero-order valence-electron chi connectivity index (χ0n) is 9.53. The lowest BCUT2D eigenvalue weighted by atomic mass is 10.1. The summed E-state index contributed by atoms with van der Waals surface area (Å²) in [5, 5.41) is 13.3. The summed E-state index contributed by atoms with van der Waals surface area (Å²) in [6.45, 7) is 6.75. The zero-order valence-corrected chi connectivity index (χ0v) is 10.3. The Kier molecular flexibility index (Phi) is 3.21. The second-order valence-corrected chi connectivity index (χ2v) is 5.43. The molecule has 0 radical (unpaired) electrons. The van der Waals surface area contributed by atoms with Crippen LogP contribution in [0.2, 0.25) is 0 Å². The van der Waals surface area contributed by atoms with Crippen LogP contribution in [0.1, 0.15) is 25.3 Å². The molecule has 0 saturated carbocycles. The van der Waals surface area contributed by atoms with E-state index in [0.29, 0.717) is 6.04 Å². The highest BCUT2D eigenvalue weighted by Gasteiger charge is 2.26. The van der Waals surface area contributed by atoms with E-state index in [0.717, 1.165) is 22.6 Å². The largest absolute Gasteiger partial charge is 0.363 e. The van der Waals surface area contributed by atoms with Crippen LogP contribution in [0, 0.1) is 5.92 Å². The first-order valence-corrected chi connectivity index (χ1v) is 6.25. The minimum Gasteiger partial charge on any atom is -0.363 e. The SMILES string of the molecule is CNc1nnc(CN2CC(C)CC2C)s1. The Hall–Kier alpha value is -0.680. The number of anilines is 1. The number of nitrogens with one attached hydrogen (secondary N) is 1. The molecule has 2 atom stereocenters. The first kappa shape index (κ1) is 10.8. The number of aromatic nitrogens is 2. The van der Waals surface area contributed by atoms with Crippen molar-refractivity contribution in [1.82, 2.24) is 15.1 Å². The molecule has 1 N–H and O–H groups in total. The Balaban J connectivity index is 1.96.